The van der Waals surface area contributed by atoms with Crippen LogP contribution in [0.15, 0.2) is 0 Å². The van der Waals surface area contributed by atoms with Gasteiger partial charge in [0.25, 0.3) is 0 Å². The van der Waals surface area contributed by atoms with Crippen LogP contribution in [-0.2, 0) is 0 Å². The highest BCUT2D eigenvalue weighted by molar-refractivity contribution is 4.81. The Bertz CT molecular complexity index is 111. The normalized spacial score (nSPS) is 34.1. The molecule has 1 N–H and O–H groups in total. The first kappa shape index (κ1) is 9.05. The Kier molecular flexibility index (Phi) is 3.38. The summed E-state index contributed by atoms with van der Waals surface area (Å²) in [4.78, 5) is 0. The zero-order chi connectivity index (χ0) is 8.27. The average molecular weight is 155 g/mol. The van der Waals surface area contributed by atoms with Crippen LogP contribution in [0.5, 0.6) is 0 Å². The second kappa shape index (κ2) is 4.10. The standard InChI is InChI=1S/C10H21N/c1-4-9(3)11-10-7-5-6-8(10)2/h8-11H,4-7H2,1-3H3. The maximum Gasteiger partial charge on any atom is 0.00951 e. The fraction of sp³-hybridized carbons (Fsp3) is 1.00. The molecule has 0 saturated heterocycles. The van der Waals surface area contributed by atoms with Gasteiger partial charge >= 0.3 is 0 Å². The highest BCUT2D eigenvalue weighted by Crippen LogP contribution is 2.25. The maximum absolute atomic E-state index is 3.68. The van der Waals surface area contributed by atoms with Crippen molar-refractivity contribution in [1.29, 1.82) is 0 Å². The van der Waals surface area contributed by atoms with E-state index in [2.05, 4.69) is 26.1 Å². The van der Waals surface area contributed by atoms with Crippen molar-refractivity contribution in [2.75, 3.05) is 0 Å². The Hall–Kier alpha value is -0.0400. The molecular formula is C10H21N. The molecule has 3 unspecified atom stereocenters. The molecule has 0 aromatic carbocycles. The van der Waals surface area contributed by atoms with E-state index in [9.17, 15) is 0 Å². The van der Waals surface area contributed by atoms with E-state index in [0.29, 0.717) is 6.04 Å². The van der Waals surface area contributed by atoms with Crippen molar-refractivity contribution in [1.82, 2.24) is 5.32 Å². The van der Waals surface area contributed by atoms with Crippen LogP contribution in [0, 0.1) is 5.92 Å². The van der Waals surface area contributed by atoms with E-state index < -0.39 is 0 Å². The lowest BCUT2D eigenvalue weighted by molar-refractivity contribution is 0.378. The average Bonchev–Trinajstić information content (AvgIpc) is 2.37. The van der Waals surface area contributed by atoms with Crippen LogP contribution < -0.4 is 5.32 Å². The van der Waals surface area contributed by atoms with Gasteiger partial charge in [0.1, 0.15) is 0 Å². The molecule has 0 heterocycles. The van der Waals surface area contributed by atoms with Gasteiger partial charge in [-0.05, 0) is 32.1 Å². The van der Waals surface area contributed by atoms with Gasteiger partial charge in [-0.15, -0.1) is 0 Å². The molecule has 0 amide bonds. The van der Waals surface area contributed by atoms with Crippen molar-refractivity contribution in [2.24, 2.45) is 5.92 Å². The molecule has 0 aliphatic heterocycles. The molecule has 1 fully saturated rings. The summed E-state index contributed by atoms with van der Waals surface area (Å²) in [5, 5.41) is 3.68. The fourth-order valence-electron chi connectivity index (χ4n) is 1.88. The van der Waals surface area contributed by atoms with E-state index in [1.54, 1.807) is 0 Å². The molecule has 11 heavy (non-hydrogen) atoms. The Morgan fingerprint density at radius 1 is 1.45 bits per heavy atom. The van der Waals surface area contributed by atoms with Gasteiger partial charge in [0.05, 0.1) is 0 Å². The minimum Gasteiger partial charge on any atom is -0.311 e. The molecule has 0 radical (unpaired) electrons. The third-order valence-electron chi connectivity index (χ3n) is 2.97. The molecule has 1 rings (SSSR count). The Balaban J connectivity index is 2.24. The smallest absolute Gasteiger partial charge is 0.00951 e. The van der Waals surface area contributed by atoms with Crippen LogP contribution in [0.2, 0.25) is 0 Å². The topological polar surface area (TPSA) is 12.0 Å². The molecule has 3 atom stereocenters. The zero-order valence-corrected chi connectivity index (χ0v) is 8.06. The minimum absolute atomic E-state index is 0.709. The summed E-state index contributed by atoms with van der Waals surface area (Å²) in [5.74, 6) is 0.906. The number of rotatable bonds is 3. The van der Waals surface area contributed by atoms with E-state index >= 15 is 0 Å². The summed E-state index contributed by atoms with van der Waals surface area (Å²) >= 11 is 0. The first-order valence-corrected chi connectivity index (χ1v) is 5.00. The van der Waals surface area contributed by atoms with Crippen LogP contribution >= 0.6 is 0 Å². The molecule has 1 nitrogen and oxygen atoms in total. The van der Waals surface area contributed by atoms with Crippen molar-refractivity contribution in [3.8, 4) is 0 Å². The van der Waals surface area contributed by atoms with Crippen LogP contribution in [-0.4, -0.2) is 12.1 Å². The quantitative estimate of drug-likeness (QED) is 0.660. The molecule has 0 bridgehead atoms. The van der Waals surface area contributed by atoms with Gasteiger partial charge in [-0.3, -0.25) is 0 Å². The summed E-state index contributed by atoms with van der Waals surface area (Å²) in [6, 6.07) is 1.52. The van der Waals surface area contributed by atoms with E-state index in [1.165, 1.54) is 25.7 Å². The van der Waals surface area contributed by atoms with Crippen LogP contribution in [0.3, 0.4) is 0 Å². The molecule has 0 spiro atoms. The summed E-state index contributed by atoms with van der Waals surface area (Å²) in [6.07, 6.45) is 5.50. The highest BCUT2D eigenvalue weighted by atomic mass is 15.0. The Labute approximate surface area is 70.6 Å². The molecule has 66 valence electrons. The van der Waals surface area contributed by atoms with Gasteiger partial charge in [-0.2, -0.15) is 0 Å². The van der Waals surface area contributed by atoms with Crippen molar-refractivity contribution >= 4 is 0 Å². The van der Waals surface area contributed by atoms with Crippen molar-refractivity contribution in [3.05, 3.63) is 0 Å². The first-order valence-electron chi connectivity index (χ1n) is 5.00. The third-order valence-corrected chi connectivity index (χ3v) is 2.97. The Morgan fingerprint density at radius 3 is 2.64 bits per heavy atom. The zero-order valence-electron chi connectivity index (χ0n) is 8.06. The Morgan fingerprint density at radius 2 is 2.18 bits per heavy atom. The number of nitrogens with one attached hydrogen (secondary N) is 1. The summed E-state index contributed by atoms with van der Waals surface area (Å²) in [6.45, 7) is 6.90. The van der Waals surface area contributed by atoms with Gasteiger partial charge in [0.2, 0.25) is 0 Å². The lowest BCUT2D eigenvalue weighted by Crippen LogP contribution is -2.37. The molecule has 1 heteroatoms. The van der Waals surface area contributed by atoms with E-state index in [1.807, 2.05) is 0 Å². The summed E-state index contributed by atoms with van der Waals surface area (Å²) < 4.78 is 0. The second-order valence-electron chi connectivity index (χ2n) is 3.99. The largest absolute Gasteiger partial charge is 0.311 e. The van der Waals surface area contributed by atoms with Gasteiger partial charge in [-0.25, -0.2) is 0 Å². The molecule has 0 aromatic heterocycles. The van der Waals surface area contributed by atoms with Gasteiger partial charge in [0, 0.05) is 12.1 Å². The van der Waals surface area contributed by atoms with Gasteiger partial charge < -0.3 is 5.32 Å². The molecule has 1 aliphatic carbocycles. The summed E-state index contributed by atoms with van der Waals surface area (Å²) in [5.41, 5.74) is 0. The van der Waals surface area contributed by atoms with Crippen LogP contribution in [0.4, 0.5) is 0 Å². The minimum atomic E-state index is 0.709. The molecule has 0 aromatic rings. The summed E-state index contributed by atoms with van der Waals surface area (Å²) in [7, 11) is 0. The van der Waals surface area contributed by atoms with E-state index in [-0.39, 0.29) is 0 Å². The monoisotopic (exact) mass is 155 g/mol. The van der Waals surface area contributed by atoms with E-state index in [0.717, 1.165) is 12.0 Å². The molecule has 1 saturated carbocycles. The SMILES string of the molecule is CCC(C)NC1CCCC1C. The van der Waals surface area contributed by atoms with E-state index in [4.69, 9.17) is 0 Å². The predicted octanol–water partition coefficient (Wildman–Crippen LogP) is 2.56. The van der Waals surface area contributed by atoms with Gasteiger partial charge in [0.15, 0.2) is 0 Å². The lowest BCUT2D eigenvalue weighted by Gasteiger charge is -2.21. The van der Waals surface area contributed by atoms with Crippen molar-refractivity contribution < 1.29 is 0 Å². The second-order valence-corrected chi connectivity index (χ2v) is 3.99. The third kappa shape index (κ3) is 2.48. The van der Waals surface area contributed by atoms with Crippen LogP contribution in [0.25, 0.3) is 0 Å². The number of hydrogen-bond acceptors (Lipinski definition) is 1. The van der Waals surface area contributed by atoms with Crippen LogP contribution in [0.1, 0.15) is 46.5 Å². The fourth-order valence-corrected chi connectivity index (χ4v) is 1.88. The van der Waals surface area contributed by atoms with Crippen molar-refractivity contribution in [3.63, 3.8) is 0 Å². The maximum atomic E-state index is 3.68. The predicted molar refractivity (Wildman–Crippen MR) is 49.7 cm³/mol. The van der Waals surface area contributed by atoms with Crippen molar-refractivity contribution in [2.45, 2.75) is 58.5 Å². The highest BCUT2D eigenvalue weighted by Gasteiger charge is 2.23. The molecule has 1 aliphatic rings. The lowest BCUT2D eigenvalue weighted by atomic mass is 10.1. The number of hydrogen-bond donors (Lipinski definition) is 1. The first-order chi connectivity index (χ1) is 5.24. The molecular weight excluding hydrogens is 134 g/mol. The van der Waals surface area contributed by atoms with Gasteiger partial charge in [-0.1, -0.05) is 20.3 Å².